The molecule has 1 aromatic heterocycles. The average Bonchev–Trinajstić information content (AvgIpc) is 2.44. The van der Waals surface area contributed by atoms with Crippen LogP contribution < -0.4 is 5.32 Å². The molecule has 0 bridgehead atoms. The predicted octanol–water partition coefficient (Wildman–Crippen LogP) is 2.61. The molecule has 0 radical (unpaired) electrons. The largest absolute Gasteiger partial charge is 0.377 e. The third kappa shape index (κ3) is 3.41. The Morgan fingerprint density at radius 1 is 1.36 bits per heavy atom. The van der Waals surface area contributed by atoms with Crippen LogP contribution in [0.1, 0.15) is 43.6 Å². The summed E-state index contributed by atoms with van der Waals surface area (Å²) >= 11 is 0. The SMILES string of the molecule is COCc1nc(C)cc(NCC2CCC3(CCC3)CN2C)n1. The Balaban J connectivity index is 1.56. The molecule has 1 aromatic rings. The van der Waals surface area contributed by atoms with Gasteiger partial charge in [-0.1, -0.05) is 6.42 Å². The summed E-state index contributed by atoms with van der Waals surface area (Å²) in [6, 6.07) is 2.61. The van der Waals surface area contributed by atoms with Gasteiger partial charge in [0.25, 0.3) is 0 Å². The van der Waals surface area contributed by atoms with Crippen LogP contribution >= 0.6 is 0 Å². The first kappa shape index (κ1) is 15.7. The summed E-state index contributed by atoms with van der Waals surface area (Å²) in [5.74, 6) is 1.66. The quantitative estimate of drug-likeness (QED) is 0.906. The van der Waals surface area contributed by atoms with Crippen molar-refractivity contribution in [2.24, 2.45) is 5.41 Å². The van der Waals surface area contributed by atoms with Crippen LogP contribution in [0.4, 0.5) is 5.82 Å². The van der Waals surface area contributed by atoms with Crippen molar-refractivity contribution in [2.45, 2.75) is 51.7 Å². The van der Waals surface area contributed by atoms with Gasteiger partial charge in [0.1, 0.15) is 12.4 Å². The molecule has 0 aromatic carbocycles. The van der Waals surface area contributed by atoms with Crippen LogP contribution in [-0.2, 0) is 11.3 Å². The van der Waals surface area contributed by atoms with Crippen LogP contribution in [-0.4, -0.2) is 48.2 Å². The lowest BCUT2D eigenvalue weighted by atomic mass is 9.63. The summed E-state index contributed by atoms with van der Waals surface area (Å²) in [6.45, 7) is 4.67. The molecule has 1 spiro atoms. The van der Waals surface area contributed by atoms with Crippen molar-refractivity contribution in [1.29, 1.82) is 0 Å². The van der Waals surface area contributed by atoms with Crippen molar-refractivity contribution >= 4 is 5.82 Å². The molecule has 1 aliphatic carbocycles. The Hall–Kier alpha value is -1.20. The van der Waals surface area contributed by atoms with E-state index >= 15 is 0 Å². The number of piperidine rings is 1. The number of nitrogens with one attached hydrogen (secondary N) is 1. The zero-order valence-corrected chi connectivity index (χ0v) is 14.1. The van der Waals surface area contributed by atoms with Crippen molar-refractivity contribution in [3.05, 3.63) is 17.6 Å². The number of likely N-dealkylation sites (N-methyl/N-ethyl adjacent to an activating group) is 1. The van der Waals surface area contributed by atoms with Gasteiger partial charge in [-0.3, -0.25) is 0 Å². The molecule has 1 saturated heterocycles. The van der Waals surface area contributed by atoms with Gasteiger partial charge >= 0.3 is 0 Å². The number of ether oxygens (including phenoxy) is 1. The Bertz CT molecular complexity index is 515. The van der Waals surface area contributed by atoms with Gasteiger partial charge in [0.2, 0.25) is 0 Å². The second-order valence-corrected chi connectivity index (χ2v) is 7.09. The van der Waals surface area contributed by atoms with E-state index in [-0.39, 0.29) is 0 Å². The minimum atomic E-state index is 0.461. The summed E-state index contributed by atoms with van der Waals surface area (Å²) in [5, 5.41) is 3.50. The fourth-order valence-electron chi connectivity index (χ4n) is 3.91. The van der Waals surface area contributed by atoms with Crippen LogP contribution in [0.2, 0.25) is 0 Å². The lowest BCUT2D eigenvalue weighted by Crippen LogP contribution is -2.51. The topological polar surface area (TPSA) is 50.3 Å². The van der Waals surface area contributed by atoms with Gasteiger partial charge < -0.3 is 15.0 Å². The van der Waals surface area contributed by atoms with Gasteiger partial charge in [-0.2, -0.15) is 0 Å². The van der Waals surface area contributed by atoms with E-state index in [0.29, 0.717) is 18.1 Å². The molecule has 1 saturated carbocycles. The molecule has 5 heteroatoms. The highest BCUT2D eigenvalue weighted by molar-refractivity contribution is 5.36. The van der Waals surface area contributed by atoms with Gasteiger partial charge in [-0.25, -0.2) is 9.97 Å². The highest BCUT2D eigenvalue weighted by Crippen LogP contribution is 2.48. The van der Waals surface area contributed by atoms with E-state index in [4.69, 9.17) is 4.74 Å². The van der Waals surface area contributed by atoms with Crippen molar-refractivity contribution < 1.29 is 4.74 Å². The Kier molecular flexibility index (Phi) is 4.64. The highest BCUT2D eigenvalue weighted by atomic mass is 16.5. The first-order valence-corrected chi connectivity index (χ1v) is 8.38. The standard InChI is InChI=1S/C17H28N4O/c1-13-9-15(20-16(19-13)11-22-3)18-10-14-5-8-17(6-4-7-17)12-21(14)2/h9,14H,4-8,10-12H2,1-3H3,(H,18,19,20). The molecular weight excluding hydrogens is 276 g/mol. The number of rotatable bonds is 5. The molecule has 1 unspecified atom stereocenters. The third-order valence-electron chi connectivity index (χ3n) is 5.32. The molecule has 2 aliphatic rings. The fraction of sp³-hybridized carbons (Fsp3) is 0.765. The maximum atomic E-state index is 5.13. The van der Waals surface area contributed by atoms with Crippen molar-refractivity contribution in [3.63, 3.8) is 0 Å². The minimum absolute atomic E-state index is 0.461. The molecule has 5 nitrogen and oxygen atoms in total. The number of nitrogens with zero attached hydrogens (tertiary/aromatic N) is 3. The summed E-state index contributed by atoms with van der Waals surface area (Å²) in [4.78, 5) is 11.4. The minimum Gasteiger partial charge on any atom is -0.377 e. The van der Waals surface area contributed by atoms with Crippen LogP contribution in [0.15, 0.2) is 6.07 Å². The molecule has 3 rings (SSSR count). The van der Waals surface area contributed by atoms with Crippen molar-refractivity contribution in [1.82, 2.24) is 14.9 Å². The number of hydrogen-bond donors (Lipinski definition) is 1. The first-order valence-electron chi connectivity index (χ1n) is 8.38. The molecule has 2 heterocycles. The van der Waals surface area contributed by atoms with E-state index in [9.17, 15) is 0 Å². The van der Waals surface area contributed by atoms with Crippen LogP contribution in [0.5, 0.6) is 0 Å². The van der Waals surface area contributed by atoms with E-state index in [1.807, 2.05) is 13.0 Å². The lowest BCUT2D eigenvalue weighted by molar-refractivity contribution is 0.00578. The molecule has 122 valence electrons. The van der Waals surface area contributed by atoms with Crippen LogP contribution in [0, 0.1) is 12.3 Å². The van der Waals surface area contributed by atoms with E-state index in [2.05, 4.69) is 27.2 Å². The smallest absolute Gasteiger partial charge is 0.156 e. The highest BCUT2D eigenvalue weighted by Gasteiger charge is 2.42. The Morgan fingerprint density at radius 3 is 2.82 bits per heavy atom. The summed E-state index contributed by atoms with van der Waals surface area (Å²) < 4.78 is 5.13. The lowest BCUT2D eigenvalue weighted by Gasteiger charge is -2.51. The van der Waals surface area contributed by atoms with E-state index < -0.39 is 0 Å². The number of hydrogen-bond acceptors (Lipinski definition) is 5. The Morgan fingerprint density at radius 2 is 2.18 bits per heavy atom. The molecule has 1 aliphatic heterocycles. The van der Waals surface area contributed by atoms with Crippen LogP contribution in [0.25, 0.3) is 0 Å². The monoisotopic (exact) mass is 304 g/mol. The maximum absolute atomic E-state index is 5.13. The number of likely N-dealkylation sites (tertiary alicyclic amines) is 1. The molecule has 1 atom stereocenters. The summed E-state index contributed by atoms with van der Waals surface area (Å²) in [7, 11) is 3.94. The zero-order valence-electron chi connectivity index (χ0n) is 14.1. The van der Waals surface area contributed by atoms with Gasteiger partial charge in [-0.05, 0) is 45.1 Å². The zero-order chi connectivity index (χ0) is 15.6. The first-order chi connectivity index (χ1) is 10.6. The molecular formula is C17H28N4O. The molecule has 2 fully saturated rings. The van der Waals surface area contributed by atoms with Gasteiger partial charge in [0, 0.05) is 38.0 Å². The number of aromatic nitrogens is 2. The van der Waals surface area contributed by atoms with Gasteiger partial charge in [0.15, 0.2) is 5.82 Å². The number of anilines is 1. The number of aryl methyl sites for hydroxylation is 1. The summed E-state index contributed by atoms with van der Waals surface area (Å²) in [5.41, 5.74) is 1.64. The normalized spacial score (nSPS) is 24.2. The van der Waals surface area contributed by atoms with Crippen molar-refractivity contribution in [3.8, 4) is 0 Å². The van der Waals surface area contributed by atoms with Gasteiger partial charge in [0.05, 0.1) is 0 Å². The second-order valence-electron chi connectivity index (χ2n) is 7.09. The number of methoxy groups -OCH3 is 1. The van der Waals surface area contributed by atoms with E-state index in [1.54, 1.807) is 7.11 Å². The maximum Gasteiger partial charge on any atom is 0.156 e. The van der Waals surface area contributed by atoms with Crippen molar-refractivity contribution in [2.75, 3.05) is 32.6 Å². The van der Waals surface area contributed by atoms with Crippen LogP contribution in [0.3, 0.4) is 0 Å². The fourth-order valence-corrected chi connectivity index (χ4v) is 3.91. The summed E-state index contributed by atoms with van der Waals surface area (Å²) in [6.07, 6.45) is 6.98. The van der Waals surface area contributed by atoms with E-state index in [0.717, 1.165) is 23.9 Å². The van der Waals surface area contributed by atoms with E-state index in [1.165, 1.54) is 38.6 Å². The van der Waals surface area contributed by atoms with Gasteiger partial charge in [-0.15, -0.1) is 0 Å². The molecule has 22 heavy (non-hydrogen) atoms. The molecule has 0 amide bonds. The third-order valence-corrected chi connectivity index (χ3v) is 5.32. The average molecular weight is 304 g/mol. The second kappa shape index (κ2) is 6.50. The Labute approximate surface area is 133 Å². The predicted molar refractivity (Wildman–Crippen MR) is 87.9 cm³/mol. The molecule has 1 N–H and O–H groups in total.